The molecule has 1 aromatic carbocycles. The molecule has 33 heavy (non-hydrogen) atoms. The van der Waals surface area contributed by atoms with Crippen LogP contribution in [0.3, 0.4) is 0 Å². The monoisotopic (exact) mass is 464 g/mol. The van der Waals surface area contributed by atoms with E-state index >= 15 is 0 Å². The number of rotatable bonds is 7. The summed E-state index contributed by atoms with van der Waals surface area (Å²) in [4.78, 5) is 12.9. The number of benzene rings is 1. The van der Waals surface area contributed by atoms with Crippen molar-refractivity contribution in [3.63, 3.8) is 0 Å². The fourth-order valence-electron chi connectivity index (χ4n) is 4.12. The first-order valence-corrected chi connectivity index (χ1v) is 12.0. The number of carbonyl (C=O) groups excluding carboxylic acids is 1. The number of nitriles is 1. The molecular weight excluding hydrogens is 436 g/mol. The Kier molecular flexibility index (Phi) is 6.86. The van der Waals surface area contributed by atoms with E-state index in [2.05, 4.69) is 39.8 Å². The van der Waals surface area contributed by atoms with Crippen LogP contribution in [-0.4, -0.2) is 43.7 Å². The van der Waals surface area contributed by atoms with Gasteiger partial charge in [0, 0.05) is 12.3 Å². The molecule has 1 fully saturated rings. The summed E-state index contributed by atoms with van der Waals surface area (Å²) in [6.45, 7) is 9.34. The number of hydrogen-bond acceptors (Lipinski definition) is 6. The van der Waals surface area contributed by atoms with Crippen molar-refractivity contribution in [2.75, 3.05) is 17.7 Å². The molecule has 0 spiro atoms. The fraction of sp³-hybridized carbons (Fsp3) is 0.417. The molecule has 0 bridgehead atoms. The quantitative estimate of drug-likeness (QED) is 0.529. The predicted molar refractivity (Wildman–Crippen MR) is 128 cm³/mol. The topological polar surface area (TPSA) is 97.8 Å². The molecule has 2 aromatic heterocycles. The van der Waals surface area contributed by atoms with Gasteiger partial charge in [0.1, 0.15) is 18.2 Å². The van der Waals surface area contributed by atoms with Crippen molar-refractivity contribution in [2.24, 2.45) is 0 Å². The average Bonchev–Trinajstić information content (AvgIpc) is 3.52. The summed E-state index contributed by atoms with van der Waals surface area (Å²) in [6.07, 6.45) is 3.78. The van der Waals surface area contributed by atoms with Gasteiger partial charge in [0.15, 0.2) is 5.16 Å². The predicted octanol–water partition coefficient (Wildman–Crippen LogP) is 4.08. The van der Waals surface area contributed by atoms with Crippen LogP contribution >= 0.6 is 11.8 Å². The maximum absolute atomic E-state index is 12.9. The van der Waals surface area contributed by atoms with E-state index < -0.39 is 0 Å². The summed E-state index contributed by atoms with van der Waals surface area (Å²) in [5.74, 6) is 0.500. The van der Waals surface area contributed by atoms with Crippen LogP contribution < -0.4 is 5.32 Å². The van der Waals surface area contributed by atoms with Crippen molar-refractivity contribution in [1.82, 2.24) is 19.3 Å². The van der Waals surface area contributed by atoms with Gasteiger partial charge in [0.25, 0.3) is 0 Å². The minimum atomic E-state index is -0.196. The highest BCUT2D eigenvalue weighted by atomic mass is 32.2. The van der Waals surface area contributed by atoms with Crippen LogP contribution in [0.1, 0.15) is 40.8 Å². The van der Waals surface area contributed by atoms with Crippen LogP contribution in [0.2, 0.25) is 0 Å². The number of hydrogen-bond donors (Lipinski definition) is 1. The average molecular weight is 465 g/mol. The number of nitrogens with zero attached hydrogens (tertiary/aromatic N) is 5. The summed E-state index contributed by atoms with van der Waals surface area (Å²) in [6, 6.07) is 8.45. The molecule has 1 saturated heterocycles. The SMILES string of the molecule is Cc1ccc(C)c(-n2cnnc2SCC(=O)Nc2c(C#N)c(C)c(C)n2CC2CCCO2)c1. The van der Waals surface area contributed by atoms with Crippen molar-refractivity contribution in [2.45, 2.75) is 58.3 Å². The molecule has 172 valence electrons. The molecule has 8 nitrogen and oxygen atoms in total. The Labute approximate surface area is 198 Å². The summed E-state index contributed by atoms with van der Waals surface area (Å²) in [7, 11) is 0. The van der Waals surface area contributed by atoms with Crippen LogP contribution in [0.4, 0.5) is 5.82 Å². The Balaban J connectivity index is 1.51. The Bertz CT molecular complexity index is 1220. The lowest BCUT2D eigenvalue weighted by Gasteiger charge is -2.17. The maximum Gasteiger partial charge on any atom is 0.235 e. The highest BCUT2D eigenvalue weighted by Gasteiger charge is 2.24. The zero-order chi connectivity index (χ0) is 23.5. The third-order valence-corrected chi connectivity index (χ3v) is 7.03. The van der Waals surface area contributed by atoms with Gasteiger partial charge in [-0.1, -0.05) is 23.9 Å². The number of carbonyl (C=O) groups is 1. The van der Waals surface area contributed by atoms with Gasteiger partial charge in [-0.15, -0.1) is 10.2 Å². The third kappa shape index (κ3) is 4.82. The van der Waals surface area contributed by atoms with Gasteiger partial charge in [-0.25, -0.2) is 0 Å². The van der Waals surface area contributed by atoms with E-state index in [0.29, 0.717) is 23.1 Å². The van der Waals surface area contributed by atoms with Gasteiger partial charge < -0.3 is 14.6 Å². The van der Waals surface area contributed by atoms with E-state index in [1.807, 2.05) is 36.8 Å². The smallest absolute Gasteiger partial charge is 0.235 e. The lowest BCUT2D eigenvalue weighted by molar-refractivity contribution is -0.113. The molecule has 1 atom stereocenters. The minimum Gasteiger partial charge on any atom is -0.376 e. The van der Waals surface area contributed by atoms with Crippen LogP contribution in [0.25, 0.3) is 5.69 Å². The van der Waals surface area contributed by atoms with Crippen LogP contribution in [-0.2, 0) is 16.1 Å². The standard InChI is InChI=1S/C24H28N6O2S/c1-15-7-8-16(2)21(10-15)30-14-26-28-24(30)33-13-22(31)27-23-20(11-25)17(3)18(4)29(23)12-19-6-5-9-32-19/h7-8,10,14,19H,5-6,9,12-13H2,1-4H3,(H,27,31). The van der Waals surface area contributed by atoms with Crippen LogP contribution in [0.15, 0.2) is 29.7 Å². The van der Waals surface area contributed by atoms with E-state index in [0.717, 1.165) is 47.5 Å². The highest BCUT2D eigenvalue weighted by molar-refractivity contribution is 7.99. The molecule has 0 aliphatic carbocycles. The number of amides is 1. The van der Waals surface area contributed by atoms with Gasteiger partial charge in [-0.2, -0.15) is 5.26 Å². The Hall–Kier alpha value is -3.09. The van der Waals surface area contributed by atoms with Gasteiger partial charge in [-0.3, -0.25) is 9.36 Å². The molecule has 3 aromatic rings. The first-order valence-electron chi connectivity index (χ1n) is 11.0. The second-order valence-corrected chi connectivity index (χ2v) is 9.34. The van der Waals surface area contributed by atoms with Crippen molar-refractivity contribution in [3.8, 4) is 11.8 Å². The molecule has 9 heteroatoms. The third-order valence-electron chi connectivity index (χ3n) is 6.08. The summed E-state index contributed by atoms with van der Waals surface area (Å²) < 4.78 is 9.69. The molecule has 1 aliphatic heterocycles. The maximum atomic E-state index is 12.9. The van der Waals surface area contributed by atoms with Crippen molar-refractivity contribution < 1.29 is 9.53 Å². The number of aryl methyl sites for hydroxylation is 2. The fourth-order valence-corrected chi connectivity index (χ4v) is 4.84. The normalized spacial score (nSPS) is 15.5. The van der Waals surface area contributed by atoms with E-state index in [4.69, 9.17) is 4.74 Å². The second-order valence-electron chi connectivity index (χ2n) is 8.40. The molecule has 1 aliphatic rings. The number of aromatic nitrogens is 4. The van der Waals surface area contributed by atoms with Crippen LogP contribution in [0, 0.1) is 39.0 Å². The van der Waals surface area contributed by atoms with Crippen LogP contribution in [0.5, 0.6) is 0 Å². The zero-order valence-corrected chi connectivity index (χ0v) is 20.2. The first-order chi connectivity index (χ1) is 15.9. The van der Waals surface area contributed by atoms with Gasteiger partial charge in [0.2, 0.25) is 5.91 Å². The Morgan fingerprint density at radius 2 is 2.15 bits per heavy atom. The summed E-state index contributed by atoms with van der Waals surface area (Å²) in [5, 5.41) is 21.6. The van der Waals surface area contributed by atoms with E-state index in [1.165, 1.54) is 11.8 Å². The van der Waals surface area contributed by atoms with E-state index in [9.17, 15) is 10.1 Å². The number of ether oxygens (including phenoxy) is 1. The number of thioether (sulfide) groups is 1. The van der Waals surface area contributed by atoms with Crippen molar-refractivity contribution in [1.29, 1.82) is 5.26 Å². The first kappa shape index (κ1) is 23.1. The lowest BCUT2D eigenvalue weighted by atomic mass is 10.1. The molecular formula is C24H28N6O2S. The van der Waals surface area contributed by atoms with E-state index in [-0.39, 0.29) is 17.8 Å². The number of anilines is 1. The molecule has 1 amide bonds. The van der Waals surface area contributed by atoms with Gasteiger partial charge in [0.05, 0.1) is 29.7 Å². The molecule has 3 heterocycles. The molecule has 1 N–H and O–H groups in total. The second kappa shape index (κ2) is 9.81. The molecule has 4 rings (SSSR count). The molecule has 1 unspecified atom stereocenters. The van der Waals surface area contributed by atoms with Crippen molar-refractivity contribution in [3.05, 3.63) is 52.5 Å². The lowest BCUT2D eigenvalue weighted by Crippen LogP contribution is -2.22. The zero-order valence-electron chi connectivity index (χ0n) is 19.4. The largest absolute Gasteiger partial charge is 0.376 e. The molecule has 0 radical (unpaired) electrons. The minimum absolute atomic E-state index is 0.100. The summed E-state index contributed by atoms with van der Waals surface area (Å²) >= 11 is 1.31. The number of nitrogens with one attached hydrogen (secondary N) is 1. The van der Waals surface area contributed by atoms with Gasteiger partial charge in [-0.05, 0) is 63.3 Å². The Morgan fingerprint density at radius 3 is 2.88 bits per heavy atom. The molecule has 0 saturated carbocycles. The Morgan fingerprint density at radius 1 is 1.33 bits per heavy atom. The highest BCUT2D eigenvalue weighted by Crippen LogP contribution is 2.29. The van der Waals surface area contributed by atoms with Gasteiger partial charge >= 0.3 is 0 Å². The van der Waals surface area contributed by atoms with Crippen molar-refractivity contribution >= 4 is 23.5 Å². The van der Waals surface area contributed by atoms with E-state index in [1.54, 1.807) is 6.33 Å². The summed E-state index contributed by atoms with van der Waals surface area (Å²) in [5.41, 5.74) is 5.59.